The molecule has 7 atom stereocenters. The number of allylic oxidation sites excluding steroid dienone is 1. The second-order valence-corrected chi connectivity index (χ2v) is 10.7. The number of aliphatic carboxylic acids is 1. The molecule has 0 spiro atoms. The van der Waals surface area contributed by atoms with Gasteiger partial charge in [-0.3, -0.25) is 4.79 Å². The Bertz CT molecular complexity index is 712. The Kier molecular flexibility index (Phi) is 5.25. The molecule has 0 saturated heterocycles. The smallest absolute Gasteiger partial charge is 0.315 e. The molecule has 0 heterocycles. The Morgan fingerprint density at radius 3 is 2.69 bits per heavy atom. The van der Waals surface area contributed by atoms with Gasteiger partial charge in [0.15, 0.2) is 0 Å². The van der Waals surface area contributed by atoms with E-state index >= 15 is 0 Å². The van der Waals surface area contributed by atoms with Crippen molar-refractivity contribution in [3.05, 3.63) is 11.6 Å². The number of rotatable bonds is 9. The minimum Gasteiger partial charge on any atom is -0.481 e. The highest BCUT2D eigenvalue weighted by atomic mass is 16.5. The number of aldehydes is 1. The molecule has 3 saturated carbocycles. The predicted molar refractivity (Wildman–Crippen MR) is 112 cm³/mol. The van der Waals surface area contributed by atoms with Crippen LogP contribution in [0, 0.1) is 45.8 Å². The molecule has 0 aromatic carbocycles. The van der Waals surface area contributed by atoms with Crippen molar-refractivity contribution in [2.24, 2.45) is 45.8 Å². The fourth-order valence-corrected chi connectivity index (χ4v) is 8.34. The monoisotopic (exact) mass is 402 g/mol. The van der Waals surface area contributed by atoms with Crippen LogP contribution in [0.1, 0.15) is 72.6 Å². The molecule has 0 aliphatic heterocycles. The maximum Gasteiger partial charge on any atom is 0.315 e. The van der Waals surface area contributed by atoms with Gasteiger partial charge in [0.25, 0.3) is 0 Å². The number of hydrogen-bond acceptors (Lipinski definition) is 3. The first kappa shape index (κ1) is 21.1. The van der Waals surface area contributed by atoms with Crippen LogP contribution in [0.3, 0.4) is 0 Å². The van der Waals surface area contributed by atoms with E-state index in [4.69, 9.17) is 4.74 Å². The van der Waals surface area contributed by atoms with Gasteiger partial charge >= 0.3 is 5.97 Å². The molecule has 4 heteroatoms. The van der Waals surface area contributed by atoms with Gasteiger partial charge in [-0.25, -0.2) is 0 Å². The Labute approximate surface area is 175 Å². The van der Waals surface area contributed by atoms with Crippen LogP contribution in [0.25, 0.3) is 0 Å². The van der Waals surface area contributed by atoms with Crippen LogP contribution in [0.5, 0.6) is 0 Å². The fraction of sp³-hybridized carbons (Fsp3) is 0.840. The standard InChI is InChI=1S/C25H38O4/c1-5-6-7-10-29-15-24-13-19-17(4)8-9-20(19)23(14-26)12-18(24)11-21(16(2)3)25(23,24)22(27)28/h11,14,16-20H,5-10,12-13,15H2,1-4H3,(H,27,28)/t17?,18?,19?,20?,23-,24+,25?/m0/s1. The first-order valence-electron chi connectivity index (χ1n) is 11.8. The van der Waals surface area contributed by atoms with E-state index in [-0.39, 0.29) is 17.8 Å². The Morgan fingerprint density at radius 1 is 1.31 bits per heavy atom. The molecule has 4 aliphatic carbocycles. The third-order valence-electron chi connectivity index (χ3n) is 9.37. The molecule has 0 amide bonds. The van der Waals surface area contributed by atoms with E-state index in [0.29, 0.717) is 31.5 Å². The zero-order valence-corrected chi connectivity index (χ0v) is 18.6. The predicted octanol–water partition coefficient (Wildman–Crippen LogP) is 5.12. The van der Waals surface area contributed by atoms with Crippen molar-refractivity contribution < 1.29 is 19.4 Å². The summed E-state index contributed by atoms with van der Waals surface area (Å²) in [5.74, 6) is 0.698. The molecule has 0 aromatic heterocycles. The summed E-state index contributed by atoms with van der Waals surface area (Å²) in [6.45, 7) is 9.83. The first-order valence-corrected chi connectivity index (χ1v) is 11.8. The molecule has 5 unspecified atom stereocenters. The van der Waals surface area contributed by atoms with Crippen molar-refractivity contribution in [1.82, 2.24) is 0 Å². The second-order valence-electron chi connectivity index (χ2n) is 10.7. The minimum absolute atomic E-state index is 0.130. The number of unbranched alkanes of at least 4 members (excludes halogenated alkanes) is 2. The van der Waals surface area contributed by atoms with Gasteiger partial charge in [-0.1, -0.05) is 58.6 Å². The summed E-state index contributed by atoms with van der Waals surface area (Å²) in [6.07, 6.45) is 10.3. The summed E-state index contributed by atoms with van der Waals surface area (Å²) in [5.41, 5.74) is -1.32. The highest BCUT2D eigenvalue weighted by molar-refractivity contribution is 5.90. The van der Waals surface area contributed by atoms with Gasteiger partial charge in [0.2, 0.25) is 0 Å². The van der Waals surface area contributed by atoms with E-state index < -0.39 is 22.2 Å². The van der Waals surface area contributed by atoms with Gasteiger partial charge in [-0.15, -0.1) is 0 Å². The molecular weight excluding hydrogens is 364 g/mol. The Hall–Kier alpha value is -1.16. The number of fused-ring (bicyclic) bond motifs is 2. The number of carbonyl (C=O) groups excluding carboxylic acids is 1. The highest BCUT2D eigenvalue weighted by Gasteiger charge is 2.84. The third kappa shape index (κ3) is 2.41. The van der Waals surface area contributed by atoms with E-state index in [1.165, 1.54) is 0 Å². The minimum atomic E-state index is -1.09. The maximum absolute atomic E-state index is 13.2. The van der Waals surface area contributed by atoms with Gasteiger partial charge in [-0.2, -0.15) is 0 Å². The van der Waals surface area contributed by atoms with Gasteiger partial charge in [0.05, 0.1) is 12.0 Å². The van der Waals surface area contributed by atoms with Gasteiger partial charge < -0.3 is 14.6 Å². The van der Waals surface area contributed by atoms with Crippen molar-refractivity contribution in [2.75, 3.05) is 13.2 Å². The number of hydrogen-bond donors (Lipinski definition) is 1. The van der Waals surface area contributed by atoms with Crippen molar-refractivity contribution in [1.29, 1.82) is 0 Å². The van der Waals surface area contributed by atoms with Crippen LogP contribution in [-0.4, -0.2) is 30.6 Å². The third-order valence-corrected chi connectivity index (χ3v) is 9.37. The quantitative estimate of drug-likeness (QED) is 0.330. The molecule has 4 nitrogen and oxygen atoms in total. The number of carboxylic acid groups (broad SMARTS) is 1. The molecule has 1 N–H and O–H groups in total. The molecular formula is C25H38O4. The largest absolute Gasteiger partial charge is 0.481 e. The molecule has 4 bridgehead atoms. The fourth-order valence-electron chi connectivity index (χ4n) is 8.34. The molecule has 4 aliphatic rings. The van der Waals surface area contributed by atoms with Crippen molar-refractivity contribution in [2.45, 2.75) is 72.6 Å². The van der Waals surface area contributed by atoms with E-state index in [2.05, 4.69) is 33.8 Å². The normalized spacial score (nSPS) is 44.8. The second kappa shape index (κ2) is 7.21. The summed E-state index contributed by atoms with van der Waals surface area (Å²) in [7, 11) is 0. The van der Waals surface area contributed by atoms with E-state index in [9.17, 15) is 14.7 Å². The van der Waals surface area contributed by atoms with Crippen LogP contribution < -0.4 is 0 Å². The van der Waals surface area contributed by atoms with Crippen LogP contribution in [-0.2, 0) is 14.3 Å². The maximum atomic E-state index is 13.2. The van der Waals surface area contributed by atoms with Gasteiger partial charge in [-0.05, 0) is 55.3 Å². The van der Waals surface area contributed by atoms with Crippen molar-refractivity contribution in [3.8, 4) is 0 Å². The summed E-state index contributed by atoms with van der Waals surface area (Å²) in [4.78, 5) is 26.1. The van der Waals surface area contributed by atoms with Crippen molar-refractivity contribution in [3.63, 3.8) is 0 Å². The topological polar surface area (TPSA) is 63.6 Å². The summed E-state index contributed by atoms with van der Waals surface area (Å²) in [6, 6.07) is 0. The number of carboxylic acids is 1. The van der Waals surface area contributed by atoms with E-state index in [1.807, 2.05) is 0 Å². The average Bonchev–Trinajstić information content (AvgIpc) is 3.25. The number of carbonyl (C=O) groups is 2. The highest BCUT2D eigenvalue weighted by Crippen LogP contribution is 2.82. The summed E-state index contributed by atoms with van der Waals surface area (Å²) < 4.78 is 6.24. The van der Waals surface area contributed by atoms with Crippen LogP contribution in [0.15, 0.2) is 11.6 Å². The number of ether oxygens (including phenoxy) is 1. The SMILES string of the molecule is CCCCCOC[C@]12CC3C(C)CCC3[C@@]3(C=O)CC1C=C(C(C)C)C23C(=O)O. The summed E-state index contributed by atoms with van der Waals surface area (Å²) >= 11 is 0. The Balaban J connectivity index is 1.82. The van der Waals surface area contributed by atoms with Crippen LogP contribution in [0.2, 0.25) is 0 Å². The lowest BCUT2D eigenvalue weighted by Crippen LogP contribution is -2.63. The summed E-state index contributed by atoms with van der Waals surface area (Å²) in [5, 5.41) is 10.8. The average molecular weight is 403 g/mol. The molecule has 29 heavy (non-hydrogen) atoms. The first-order chi connectivity index (χ1) is 13.8. The molecule has 3 fully saturated rings. The van der Waals surface area contributed by atoms with Crippen LogP contribution >= 0.6 is 0 Å². The molecule has 0 radical (unpaired) electrons. The Morgan fingerprint density at radius 2 is 2.07 bits per heavy atom. The van der Waals surface area contributed by atoms with Crippen LogP contribution in [0.4, 0.5) is 0 Å². The molecule has 0 aromatic rings. The zero-order valence-electron chi connectivity index (χ0n) is 18.6. The van der Waals surface area contributed by atoms with E-state index in [1.54, 1.807) is 0 Å². The zero-order chi connectivity index (χ0) is 21.0. The molecule has 4 rings (SSSR count). The van der Waals surface area contributed by atoms with Gasteiger partial charge in [0, 0.05) is 12.0 Å². The lowest BCUT2D eigenvalue weighted by Gasteiger charge is -2.58. The van der Waals surface area contributed by atoms with E-state index in [0.717, 1.165) is 50.4 Å². The van der Waals surface area contributed by atoms with Crippen molar-refractivity contribution >= 4 is 12.3 Å². The lowest BCUT2D eigenvalue weighted by atomic mass is 9.43. The lowest BCUT2D eigenvalue weighted by molar-refractivity contribution is -0.186. The van der Waals surface area contributed by atoms with Gasteiger partial charge in [0.1, 0.15) is 11.7 Å². The molecule has 162 valence electrons.